The average molecular weight is 622 g/mol. The number of likely N-dealkylation sites (N-methyl/N-ethyl adjacent to an activating group) is 1. The number of carbonyl (C=O) groups is 5. The number of ether oxygens (including phenoxy) is 1. The molecule has 0 saturated carbocycles. The van der Waals surface area contributed by atoms with E-state index < -0.39 is 35.4 Å². The molecule has 5 amide bonds. The lowest BCUT2D eigenvalue weighted by Crippen LogP contribution is -2.56. The lowest BCUT2D eigenvalue weighted by Gasteiger charge is -2.34. The number of anilines is 2. The van der Waals surface area contributed by atoms with Crippen LogP contribution in [0.1, 0.15) is 22.8 Å². The Balaban J connectivity index is 1.41. The Morgan fingerprint density at radius 1 is 0.956 bits per heavy atom. The lowest BCUT2D eigenvalue weighted by molar-refractivity contribution is -0.139. The van der Waals surface area contributed by atoms with Crippen molar-refractivity contribution in [2.45, 2.75) is 19.4 Å². The molecule has 3 aromatic carbocycles. The van der Waals surface area contributed by atoms with Crippen molar-refractivity contribution in [3.63, 3.8) is 0 Å². The van der Waals surface area contributed by atoms with Crippen LogP contribution < -0.4 is 20.3 Å². The second-order valence-corrected chi connectivity index (χ2v) is 10.5. The first kappa shape index (κ1) is 32.6. The third-order valence-electron chi connectivity index (χ3n) is 7.18. The first-order valence-electron chi connectivity index (χ1n) is 14.0. The highest BCUT2D eigenvalue weighted by molar-refractivity contribution is 6.00. The fraction of sp³-hybridized carbons (Fsp3) is 0.281. The molecule has 1 saturated heterocycles. The van der Waals surface area contributed by atoms with E-state index >= 15 is 0 Å². The number of hydrogen-bond donors (Lipinski definition) is 2. The van der Waals surface area contributed by atoms with Crippen molar-refractivity contribution in [1.29, 1.82) is 0 Å². The van der Waals surface area contributed by atoms with Gasteiger partial charge in [-0.15, -0.1) is 0 Å². The number of amides is 5. The Labute approximate surface area is 258 Å². The van der Waals surface area contributed by atoms with Crippen LogP contribution in [0.25, 0.3) is 0 Å². The summed E-state index contributed by atoms with van der Waals surface area (Å²) in [7, 11) is 3.01. The van der Waals surface area contributed by atoms with Gasteiger partial charge in [0.1, 0.15) is 30.0 Å². The van der Waals surface area contributed by atoms with E-state index in [1.54, 1.807) is 48.5 Å². The molecule has 236 valence electrons. The Morgan fingerprint density at radius 3 is 2.18 bits per heavy atom. The fourth-order valence-electron chi connectivity index (χ4n) is 4.88. The maximum absolute atomic E-state index is 13.9. The highest BCUT2D eigenvalue weighted by atomic mass is 19.1. The van der Waals surface area contributed by atoms with Gasteiger partial charge in [0.05, 0.1) is 13.7 Å². The van der Waals surface area contributed by atoms with E-state index in [1.165, 1.54) is 35.8 Å². The average Bonchev–Trinajstić information content (AvgIpc) is 3.00. The SMILES string of the molecule is COc1ccc(N(C)C(=O)[C@H](Cc2cc(F)cc(F)c2)NC(=O)CN2CCN(C(=O)c3ccc(NC(C)=O)cc3)CC2=O)cc1. The van der Waals surface area contributed by atoms with Crippen molar-refractivity contribution in [2.75, 3.05) is 50.6 Å². The molecule has 0 aliphatic carbocycles. The van der Waals surface area contributed by atoms with Gasteiger partial charge in [-0.1, -0.05) is 0 Å². The summed E-state index contributed by atoms with van der Waals surface area (Å²) in [6.45, 7) is 0.956. The van der Waals surface area contributed by atoms with Gasteiger partial charge in [0.2, 0.25) is 23.6 Å². The van der Waals surface area contributed by atoms with Crippen LogP contribution in [0.2, 0.25) is 0 Å². The number of halogens is 2. The Hall–Kier alpha value is -5.33. The van der Waals surface area contributed by atoms with Crippen LogP contribution in [0, 0.1) is 11.6 Å². The molecule has 1 heterocycles. The molecule has 4 rings (SSSR count). The Bertz CT molecular complexity index is 1560. The van der Waals surface area contributed by atoms with Gasteiger partial charge in [-0.3, -0.25) is 24.0 Å². The first-order valence-corrected chi connectivity index (χ1v) is 14.0. The molecule has 1 atom stereocenters. The number of rotatable bonds is 10. The van der Waals surface area contributed by atoms with Crippen LogP contribution in [0.4, 0.5) is 20.2 Å². The van der Waals surface area contributed by atoms with E-state index in [2.05, 4.69) is 10.6 Å². The van der Waals surface area contributed by atoms with Crippen LogP contribution in [-0.4, -0.2) is 85.7 Å². The predicted octanol–water partition coefficient (Wildman–Crippen LogP) is 2.61. The van der Waals surface area contributed by atoms with Crippen LogP contribution in [0.5, 0.6) is 5.75 Å². The summed E-state index contributed by atoms with van der Waals surface area (Å²) >= 11 is 0. The highest BCUT2D eigenvalue weighted by Gasteiger charge is 2.31. The van der Waals surface area contributed by atoms with Gasteiger partial charge >= 0.3 is 0 Å². The lowest BCUT2D eigenvalue weighted by atomic mass is 10.0. The number of benzene rings is 3. The van der Waals surface area contributed by atoms with Crippen molar-refractivity contribution < 1.29 is 37.5 Å². The quantitative estimate of drug-likeness (QED) is 0.358. The number of hydrogen-bond acceptors (Lipinski definition) is 6. The topological polar surface area (TPSA) is 128 Å². The number of methoxy groups -OCH3 is 1. The summed E-state index contributed by atoms with van der Waals surface area (Å²) in [5.41, 5.74) is 1.51. The second kappa shape index (κ2) is 14.4. The largest absolute Gasteiger partial charge is 0.497 e. The van der Waals surface area contributed by atoms with Gasteiger partial charge in [-0.25, -0.2) is 8.78 Å². The van der Waals surface area contributed by atoms with Gasteiger partial charge in [0.25, 0.3) is 5.91 Å². The Morgan fingerprint density at radius 2 is 1.60 bits per heavy atom. The van der Waals surface area contributed by atoms with E-state index in [9.17, 15) is 32.8 Å². The summed E-state index contributed by atoms with van der Waals surface area (Å²) in [6.07, 6.45) is -0.212. The number of nitrogens with one attached hydrogen (secondary N) is 2. The third-order valence-corrected chi connectivity index (χ3v) is 7.18. The molecule has 1 aliphatic rings. The minimum Gasteiger partial charge on any atom is -0.497 e. The van der Waals surface area contributed by atoms with E-state index in [0.717, 1.165) is 12.1 Å². The minimum atomic E-state index is -1.22. The van der Waals surface area contributed by atoms with Crippen LogP contribution in [0.3, 0.4) is 0 Å². The summed E-state index contributed by atoms with van der Waals surface area (Å²) in [5.74, 6) is -3.38. The smallest absolute Gasteiger partial charge is 0.254 e. The van der Waals surface area contributed by atoms with Crippen molar-refractivity contribution in [1.82, 2.24) is 15.1 Å². The molecule has 1 fully saturated rings. The molecule has 13 heteroatoms. The van der Waals surface area contributed by atoms with Gasteiger partial charge in [0.15, 0.2) is 0 Å². The zero-order valence-corrected chi connectivity index (χ0v) is 25.0. The monoisotopic (exact) mass is 621 g/mol. The molecule has 11 nitrogen and oxygen atoms in total. The molecule has 0 unspecified atom stereocenters. The van der Waals surface area contributed by atoms with Gasteiger partial charge in [0, 0.05) is 56.5 Å². The first-order chi connectivity index (χ1) is 21.4. The normalized spacial score (nSPS) is 13.6. The highest BCUT2D eigenvalue weighted by Crippen LogP contribution is 2.20. The van der Waals surface area contributed by atoms with Crippen LogP contribution in [0.15, 0.2) is 66.7 Å². The number of carbonyl (C=O) groups excluding carboxylic acids is 5. The molecule has 45 heavy (non-hydrogen) atoms. The van der Waals surface area contributed by atoms with E-state index in [4.69, 9.17) is 4.74 Å². The molecular formula is C32H33F2N5O6. The molecule has 3 aromatic rings. The standard InChI is InChI=1S/C32H33F2N5O6/c1-20(40)35-25-6-4-22(5-7-25)31(43)39-13-12-38(30(42)19-39)18-29(41)36-28(16-21-14-23(33)17-24(34)15-21)32(44)37(2)26-8-10-27(45-3)11-9-26/h4-11,14-15,17,28H,12-13,16,18-19H2,1-3H3,(H,35,40)(H,36,41)/t28-/m0/s1. The van der Waals surface area contributed by atoms with Crippen molar-refractivity contribution >= 4 is 40.9 Å². The minimum absolute atomic E-state index is 0.0709. The summed E-state index contributed by atoms with van der Waals surface area (Å²) in [4.78, 5) is 67.7. The van der Waals surface area contributed by atoms with Gasteiger partial charge in [-0.05, 0) is 66.2 Å². The molecule has 0 bridgehead atoms. The zero-order chi connectivity index (χ0) is 32.7. The maximum Gasteiger partial charge on any atom is 0.254 e. The zero-order valence-electron chi connectivity index (χ0n) is 25.0. The number of nitrogens with zero attached hydrogens (tertiary/aromatic N) is 3. The van der Waals surface area contributed by atoms with Crippen molar-refractivity contribution in [3.8, 4) is 5.75 Å². The summed E-state index contributed by atoms with van der Waals surface area (Å²) < 4.78 is 33.0. The van der Waals surface area contributed by atoms with Crippen molar-refractivity contribution in [2.24, 2.45) is 0 Å². The molecule has 2 N–H and O–H groups in total. The van der Waals surface area contributed by atoms with E-state index in [-0.39, 0.29) is 50.0 Å². The van der Waals surface area contributed by atoms with Crippen LogP contribution >= 0.6 is 0 Å². The number of piperazine rings is 1. The van der Waals surface area contributed by atoms with E-state index in [1.807, 2.05) is 0 Å². The van der Waals surface area contributed by atoms with Crippen molar-refractivity contribution in [3.05, 3.63) is 89.5 Å². The third kappa shape index (κ3) is 8.62. The molecule has 0 aromatic heterocycles. The molecular weight excluding hydrogens is 588 g/mol. The fourth-order valence-corrected chi connectivity index (χ4v) is 4.88. The van der Waals surface area contributed by atoms with Crippen LogP contribution in [-0.2, 0) is 25.6 Å². The summed E-state index contributed by atoms with van der Waals surface area (Å²) in [5, 5.41) is 5.23. The Kier molecular flexibility index (Phi) is 10.4. The second-order valence-electron chi connectivity index (χ2n) is 10.5. The predicted molar refractivity (Wildman–Crippen MR) is 162 cm³/mol. The van der Waals surface area contributed by atoms with Gasteiger partial charge < -0.3 is 30.1 Å². The van der Waals surface area contributed by atoms with E-state index in [0.29, 0.717) is 28.8 Å². The van der Waals surface area contributed by atoms with Gasteiger partial charge in [-0.2, -0.15) is 0 Å². The molecule has 0 spiro atoms. The maximum atomic E-state index is 13.9. The summed E-state index contributed by atoms with van der Waals surface area (Å²) in [6, 6.07) is 14.5. The molecule has 0 radical (unpaired) electrons. The molecule has 1 aliphatic heterocycles.